The Hall–Kier alpha value is -2.99. The molecule has 0 saturated heterocycles. The summed E-state index contributed by atoms with van der Waals surface area (Å²) in [5.74, 6) is -1.95. The minimum Gasteiger partial charge on any atom is -0.477 e. The topological polar surface area (TPSA) is 66.4 Å². The number of carbonyl (C=O) groups is 2. The van der Waals surface area contributed by atoms with Crippen LogP contribution in [0.5, 0.6) is 0 Å². The van der Waals surface area contributed by atoms with Crippen molar-refractivity contribution in [2.24, 2.45) is 0 Å². The van der Waals surface area contributed by atoms with E-state index in [2.05, 4.69) is 5.32 Å². The third-order valence-corrected chi connectivity index (χ3v) is 5.98. The zero-order valence-electron chi connectivity index (χ0n) is 14.5. The van der Waals surface area contributed by atoms with Gasteiger partial charge in [0.1, 0.15) is 10.7 Å². The molecule has 0 radical (unpaired) electrons. The number of amides is 1. The van der Waals surface area contributed by atoms with Gasteiger partial charge in [-0.05, 0) is 30.2 Å². The number of hydrogen-bond acceptors (Lipinski definition) is 3. The lowest BCUT2D eigenvalue weighted by atomic mass is 9.88. The van der Waals surface area contributed by atoms with Gasteiger partial charge in [-0.3, -0.25) is 4.79 Å². The summed E-state index contributed by atoms with van der Waals surface area (Å²) in [5.41, 5.74) is 3.35. The molecule has 4 nitrogen and oxygen atoms in total. The van der Waals surface area contributed by atoms with Gasteiger partial charge < -0.3 is 10.4 Å². The number of fused-ring (bicyclic) bond motifs is 1. The third-order valence-electron chi connectivity index (χ3n) is 4.69. The van der Waals surface area contributed by atoms with E-state index in [0.29, 0.717) is 16.8 Å². The molecule has 136 valence electrons. The Kier molecular flexibility index (Phi) is 4.28. The van der Waals surface area contributed by atoms with Crippen LogP contribution in [0.15, 0.2) is 48.5 Å². The predicted octanol–water partition coefficient (Wildman–Crippen LogP) is 5.03. The largest absolute Gasteiger partial charge is 0.477 e. The van der Waals surface area contributed by atoms with E-state index in [1.807, 2.05) is 31.2 Å². The summed E-state index contributed by atoms with van der Waals surface area (Å²) in [6.45, 7) is 1.98. The van der Waals surface area contributed by atoms with Gasteiger partial charge in [0.05, 0.1) is 5.69 Å². The summed E-state index contributed by atoms with van der Waals surface area (Å²) in [6.07, 6.45) is 0.248. The number of benzene rings is 2. The highest BCUT2D eigenvalue weighted by Gasteiger charge is 2.34. The van der Waals surface area contributed by atoms with Gasteiger partial charge in [0.25, 0.3) is 0 Å². The summed E-state index contributed by atoms with van der Waals surface area (Å²) < 4.78 is 13.7. The van der Waals surface area contributed by atoms with Gasteiger partial charge in [-0.2, -0.15) is 0 Å². The molecule has 3 aromatic rings. The van der Waals surface area contributed by atoms with Crippen molar-refractivity contribution >= 4 is 28.9 Å². The maximum Gasteiger partial charge on any atom is 0.346 e. The van der Waals surface area contributed by atoms with E-state index in [1.165, 1.54) is 18.2 Å². The van der Waals surface area contributed by atoms with Gasteiger partial charge in [0, 0.05) is 22.8 Å². The second-order valence-electron chi connectivity index (χ2n) is 6.58. The number of anilines is 1. The molecule has 0 aliphatic carbocycles. The van der Waals surface area contributed by atoms with Crippen molar-refractivity contribution in [1.82, 2.24) is 0 Å². The molecule has 4 rings (SSSR count). The summed E-state index contributed by atoms with van der Waals surface area (Å²) in [5, 5.41) is 12.5. The summed E-state index contributed by atoms with van der Waals surface area (Å²) >= 11 is 1.14. The van der Waals surface area contributed by atoms with Gasteiger partial charge in [-0.25, -0.2) is 9.18 Å². The van der Waals surface area contributed by atoms with E-state index in [4.69, 9.17) is 0 Å². The molecule has 1 aliphatic heterocycles. The van der Waals surface area contributed by atoms with Crippen LogP contribution in [0, 0.1) is 12.7 Å². The first kappa shape index (κ1) is 17.4. The number of thiophene rings is 1. The highest BCUT2D eigenvalue weighted by atomic mass is 32.1. The normalized spacial score (nSPS) is 15.9. The van der Waals surface area contributed by atoms with Crippen molar-refractivity contribution in [1.29, 1.82) is 0 Å². The standard InChI is InChI=1S/C21H16FNO3S/c1-11-5-7-12(8-6-11)15-10-16(24)23-18-17(13-3-2-4-14(22)9-13)20(21(25)26)27-19(15)18/h2-9,15H,10H2,1H3,(H,23,24)(H,25,26)/t15-/m0/s1. The zero-order chi connectivity index (χ0) is 19.1. The number of halogens is 1. The number of hydrogen-bond donors (Lipinski definition) is 2. The van der Waals surface area contributed by atoms with Crippen molar-refractivity contribution < 1.29 is 19.1 Å². The van der Waals surface area contributed by atoms with Crippen LogP contribution in [0.4, 0.5) is 10.1 Å². The Morgan fingerprint density at radius 2 is 1.96 bits per heavy atom. The number of aromatic carboxylic acids is 1. The Balaban J connectivity index is 1.94. The second kappa shape index (κ2) is 6.63. The lowest BCUT2D eigenvalue weighted by Gasteiger charge is -2.24. The van der Waals surface area contributed by atoms with Crippen molar-refractivity contribution in [3.05, 3.63) is 75.2 Å². The molecule has 6 heteroatoms. The first-order valence-electron chi connectivity index (χ1n) is 8.46. The highest BCUT2D eigenvalue weighted by Crippen LogP contribution is 2.49. The molecule has 1 aliphatic rings. The average molecular weight is 381 g/mol. The van der Waals surface area contributed by atoms with Crippen molar-refractivity contribution in [2.75, 3.05) is 5.32 Å². The van der Waals surface area contributed by atoms with E-state index in [1.54, 1.807) is 6.07 Å². The number of nitrogens with one attached hydrogen (secondary N) is 1. The Morgan fingerprint density at radius 3 is 2.63 bits per heavy atom. The second-order valence-corrected chi connectivity index (χ2v) is 7.63. The maximum atomic E-state index is 13.7. The van der Waals surface area contributed by atoms with Crippen LogP contribution >= 0.6 is 11.3 Å². The van der Waals surface area contributed by atoms with Crippen molar-refractivity contribution in [3.8, 4) is 11.1 Å². The molecule has 0 saturated carbocycles. The van der Waals surface area contributed by atoms with Gasteiger partial charge in [0.2, 0.25) is 5.91 Å². The molecule has 27 heavy (non-hydrogen) atoms. The number of carboxylic acids is 1. The summed E-state index contributed by atoms with van der Waals surface area (Å²) in [6, 6.07) is 13.6. The van der Waals surface area contributed by atoms with Gasteiger partial charge in [-0.15, -0.1) is 11.3 Å². The molecule has 1 amide bonds. The lowest BCUT2D eigenvalue weighted by molar-refractivity contribution is -0.116. The van der Waals surface area contributed by atoms with Crippen molar-refractivity contribution in [3.63, 3.8) is 0 Å². The van der Waals surface area contributed by atoms with E-state index < -0.39 is 11.8 Å². The highest BCUT2D eigenvalue weighted by molar-refractivity contribution is 7.15. The minimum absolute atomic E-state index is 0.102. The fourth-order valence-electron chi connectivity index (χ4n) is 3.42. The quantitative estimate of drug-likeness (QED) is 0.668. The number of aryl methyl sites for hydroxylation is 1. The minimum atomic E-state index is -1.09. The van der Waals surface area contributed by atoms with Crippen LogP contribution in [0.3, 0.4) is 0 Å². The van der Waals surface area contributed by atoms with E-state index in [0.717, 1.165) is 27.3 Å². The van der Waals surface area contributed by atoms with Crippen LogP contribution in [0.1, 0.15) is 38.0 Å². The molecule has 1 aromatic heterocycles. The summed E-state index contributed by atoms with van der Waals surface area (Å²) in [7, 11) is 0. The van der Waals surface area contributed by atoms with Crippen molar-refractivity contribution in [2.45, 2.75) is 19.3 Å². The molecule has 0 unspecified atom stereocenters. The van der Waals surface area contributed by atoms with Crippen LogP contribution in [0.2, 0.25) is 0 Å². The number of carboxylic acid groups (broad SMARTS) is 1. The first-order valence-corrected chi connectivity index (χ1v) is 9.28. The molecule has 0 spiro atoms. The molecule has 2 heterocycles. The molecular formula is C21H16FNO3S. The molecule has 2 N–H and O–H groups in total. The molecule has 1 atom stereocenters. The molecule has 0 bridgehead atoms. The van der Waals surface area contributed by atoms with E-state index >= 15 is 0 Å². The Morgan fingerprint density at radius 1 is 1.22 bits per heavy atom. The maximum absolute atomic E-state index is 13.7. The Bertz CT molecular complexity index is 1060. The molecule has 2 aromatic carbocycles. The third kappa shape index (κ3) is 3.13. The van der Waals surface area contributed by atoms with Crippen LogP contribution < -0.4 is 5.32 Å². The number of rotatable bonds is 3. The molecule has 0 fully saturated rings. The van der Waals surface area contributed by atoms with Crippen LogP contribution in [-0.2, 0) is 4.79 Å². The fourth-order valence-corrected chi connectivity index (χ4v) is 4.67. The van der Waals surface area contributed by atoms with E-state index in [9.17, 15) is 19.1 Å². The Labute approximate surface area is 159 Å². The molecular weight excluding hydrogens is 365 g/mol. The monoisotopic (exact) mass is 381 g/mol. The van der Waals surface area contributed by atoms with Crippen LogP contribution in [-0.4, -0.2) is 17.0 Å². The lowest BCUT2D eigenvalue weighted by Crippen LogP contribution is -2.22. The van der Waals surface area contributed by atoms with Gasteiger partial charge >= 0.3 is 5.97 Å². The van der Waals surface area contributed by atoms with Gasteiger partial charge in [0.15, 0.2) is 0 Å². The van der Waals surface area contributed by atoms with E-state index in [-0.39, 0.29) is 23.1 Å². The zero-order valence-corrected chi connectivity index (χ0v) is 15.3. The fraction of sp³-hybridized carbons (Fsp3) is 0.143. The smallest absolute Gasteiger partial charge is 0.346 e. The summed E-state index contributed by atoms with van der Waals surface area (Å²) in [4.78, 5) is 25.1. The predicted molar refractivity (Wildman–Crippen MR) is 103 cm³/mol. The van der Waals surface area contributed by atoms with Crippen LogP contribution in [0.25, 0.3) is 11.1 Å². The average Bonchev–Trinajstić information content (AvgIpc) is 3.01. The van der Waals surface area contributed by atoms with Gasteiger partial charge in [-0.1, -0.05) is 42.0 Å². The SMILES string of the molecule is Cc1ccc([C@@H]2CC(=O)Nc3c2sc(C(=O)O)c3-c2cccc(F)c2)cc1. The number of carbonyl (C=O) groups excluding carboxylic acids is 1. The first-order chi connectivity index (χ1) is 12.9.